The maximum absolute atomic E-state index is 10.4. The molecule has 17 heavy (non-hydrogen) atoms. The Morgan fingerprint density at radius 2 is 1.24 bits per heavy atom. The summed E-state index contributed by atoms with van der Waals surface area (Å²) in [5.41, 5.74) is -3.00. The maximum Gasteiger partial charge on any atom is 0.324 e. The summed E-state index contributed by atoms with van der Waals surface area (Å²) in [6.07, 6.45) is 0. The van der Waals surface area contributed by atoms with Crippen molar-refractivity contribution in [3.63, 3.8) is 0 Å². The Morgan fingerprint density at radius 3 is 1.47 bits per heavy atom. The third-order valence-electron chi connectivity index (χ3n) is 1.66. The standard InChI is InChI=1S/C6H3N3O7.Ti/c10-6-4(8(13)14)1-3(7(11)12)2-5(6)9(15)16;/h1-2,10H;. The first-order chi connectivity index (χ1) is 7.34. The first kappa shape index (κ1) is 14.9. The van der Waals surface area contributed by atoms with E-state index in [1.807, 2.05) is 0 Å². The van der Waals surface area contributed by atoms with Crippen molar-refractivity contribution in [2.75, 3.05) is 0 Å². The molecule has 0 heterocycles. The van der Waals surface area contributed by atoms with E-state index < -0.39 is 37.6 Å². The van der Waals surface area contributed by atoms with Crippen molar-refractivity contribution in [3.8, 4) is 5.75 Å². The number of rotatable bonds is 3. The van der Waals surface area contributed by atoms with Crippen molar-refractivity contribution in [1.82, 2.24) is 0 Å². The Labute approximate surface area is 107 Å². The minimum atomic E-state index is -1.21. The molecule has 0 aromatic heterocycles. The number of nitro groups is 3. The van der Waals surface area contributed by atoms with Gasteiger partial charge >= 0.3 is 11.4 Å². The van der Waals surface area contributed by atoms with Crippen LogP contribution in [0.25, 0.3) is 0 Å². The number of phenols is 1. The summed E-state index contributed by atoms with van der Waals surface area (Å²) in [5, 5.41) is 40.2. The number of hydrogen-bond acceptors (Lipinski definition) is 7. The Morgan fingerprint density at radius 1 is 0.882 bits per heavy atom. The van der Waals surface area contributed by atoms with Crippen LogP contribution in [0.15, 0.2) is 12.1 Å². The minimum absolute atomic E-state index is 0. The summed E-state index contributed by atoms with van der Waals surface area (Å²) in [7, 11) is 0. The summed E-state index contributed by atoms with van der Waals surface area (Å²) < 4.78 is 0. The number of phenolic OH excluding ortho intramolecular Hbond substituents is 1. The average molecular weight is 277 g/mol. The van der Waals surface area contributed by atoms with Crippen molar-refractivity contribution >= 4 is 17.1 Å². The molecular formula is C6H3N3O7Ti. The van der Waals surface area contributed by atoms with Gasteiger partial charge in [0.2, 0.25) is 0 Å². The number of aromatic hydroxyl groups is 1. The second kappa shape index (κ2) is 5.32. The van der Waals surface area contributed by atoms with E-state index in [-0.39, 0.29) is 21.7 Å². The fourth-order valence-electron chi connectivity index (χ4n) is 0.974. The predicted octanol–water partition coefficient (Wildman–Crippen LogP) is 1.11. The first-order valence-corrected chi connectivity index (χ1v) is 3.64. The summed E-state index contributed by atoms with van der Waals surface area (Å²) in [6, 6.07) is 0.894. The zero-order valence-electron chi connectivity index (χ0n) is 7.89. The zero-order valence-corrected chi connectivity index (χ0v) is 9.45. The van der Waals surface area contributed by atoms with Crippen LogP contribution < -0.4 is 0 Å². The van der Waals surface area contributed by atoms with Gasteiger partial charge in [-0.05, 0) is 0 Å². The van der Waals surface area contributed by atoms with Gasteiger partial charge < -0.3 is 5.11 Å². The molecule has 88 valence electrons. The van der Waals surface area contributed by atoms with Crippen LogP contribution in [0.4, 0.5) is 17.1 Å². The van der Waals surface area contributed by atoms with Gasteiger partial charge in [0.1, 0.15) is 0 Å². The quantitative estimate of drug-likeness (QED) is 0.493. The molecule has 0 bridgehead atoms. The van der Waals surface area contributed by atoms with Gasteiger partial charge in [-0.15, -0.1) is 0 Å². The van der Waals surface area contributed by atoms with E-state index in [4.69, 9.17) is 5.11 Å². The van der Waals surface area contributed by atoms with Crippen LogP contribution >= 0.6 is 0 Å². The fourth-order valence-corrected chi connectivity index (χ4v) is 0.974. The van der Waals surface area contributed by atoms with Crippen molar-refractivity contribution in [2.45, 2.75) is 0 Å². The molecule has 0 fully saturated rings. The zero-order chi connectivity index (χ0) is 12.5. The largest absolute Gasteiger partial charge is 0.497 e. The van der Waals surface area contributed by atoms with Gasteiger partial charge in [0.25, 0.3) is 11.4 Å². The average Bonchev–Trinajstić information content (AvgIpc) is 2.16. The third-order valence-corrected chi connectivity index (χ3v) is 1.66. The maximum atomic E-state index is 10.4. The molecule has 0 unspecified atom stereocenters. The molecule has 1 rings (SSSR count). The monoisotopic (exact) mass is 277 g/mol. The molecule has 11 heteroatoms. The van der Waals surface area contributed by atoms with E-state index in [2.05, 4.69) is 0 Å². The SMILES string of the molecule is O=[N+]([O-])c1cc([N+](=O)[O-])c(O)c([N+](=O)[O-])c1.[Ti]. The topological polar surface area (TPSA) is 150 Å². The van der Waals surface area contributed by atoms with Crippen molar-refractivity contribution in [1.29, 1.82) is 0 Å². The number of benzene rings is 1. The molecule has 0 aliphatic heterocycles. The molecule has 0 aliphatic carbocycles. The molecule has 0 aliphatic rings. The number of hydrogen-bond donors (Lipinski definition) is 1. The summed E-state index contributed by atoms with van der Waals surface area (Å²) in [6.45, 7) is 0. The Balaban J connectivity index is 0.00000256. The summed E-state index contributed by atoms with van der Waals surface area (Å²) in [5.74, 6) is -1.21. The van der Waals surface area contributed by atoms with Gasteiger partial charge in [0.05, 0.1) is 26.9 Å². The van der Waals surface area contributed by atoms with Crippen LogP contribution in [0, 0.1) is 30.3 Å². The smallest absolute Gasteiger partial charge is 0.324 e. The Bertz CT molecular complexity index is 467. The van der Waals surface area contributed by atoms with E-state index in [0.717, 1.165) is 0 Å². The van der Waals surface area contributed by atoms with Crippen LogP contribution in [-0.4, -0.2) is 19.9 Å². The molecule has 0 amide bonds. The number of non-ortho nitro benzene ring substituents is 1. The van der Waals surface area contributed by atoms with Gasteiger partial charge in [-0.2, -0.15) is 0 Å². The molecule has 1 aromatic rings. The van der Waals surface area contributed by atoms with Gasteiger partial charge in [-0.1, -0.05) is 0 Å². The molecule has 0 atom stereocenters. The van der Waals surface area contributed by atoms with Crippen LogP contribution in [0.5, 0.6) is 5.75 Å². The van der Waals surface area contributed by atoms with Gasteiger partial charge in [0.15, 0.2) is 0 Å². The minimum Gasteiger partial charge on any atom is -0.497 e. The molecule has 0 saturated carbocycles. The van der Waals surface area contributed by atoms with Gasteiger partial charge in [-0.25, -0.2) is 0 Å². The predicted molar refractivity (Wildman–Crippen MR) is 48.1 cm³/mol. The number of nitrogens with zero attached hydrogens (tertiary/aromatic N) is 3. The van der Waals surface area contributed by atoms with E-state index >= 15 is 0 Å². The van der Waals surface area contributed by atoms with E-state index in [9.17, 15) is 30.3 Å². The molecule has 1 aromatic carbocycles. The molecule has 1 N–H and O–H groups in total. The van der Waals surface area contributed by atoms with Gasteiger partial charge in [0, 0.05) is 21.7 Å². The van der Waals surface area contributed by atoms with E-state index in [0.29, 0.717) is 12.1 Å². The van der Waals surface area contributed by atoms with Crippen LogP contribution in [0.2, 0.25) is 0 Å². The summed E-state index contributed by atoms with van der Waals surface area (Å²) >= 11 is 0. The second-order valence-corrected chi connectivity index (χ2v) is 2.60. The molecule has 0 radical (unpaired) electrons. The van der Waals surface area contributed by atoms with E-state index in [1.165, 1.54) is 0 Å². The molecule has 0 saturated heterocycles. The van der Waals surface area contributed by atoms with Crippen LogP contribution in [0.1, 0.15) is 0 Å². The van der Waals surface area contributed by atoms with Gasteiger partial charge in [-0.3, -0.25) is 30.3 Å². The van der Waals surface area contributed by atoms with Crippen molar-refractivity contribution in [3.05, 3.63) is 42.5 Å². The summed E-state index contributed by atoms with van der Waals surface area (Å²) in [4.78, 5) is 27.8. The fraction of sp³-hybridized carbons (Fsp3) is 0. The van der Waals surface area contributed by atoms with E-state index in [1.54, 1.807) is 0 Å². The van der Waals surface area contributed by atoms with Crippen LogP contribution in [-0.2, 0) is 21.7 Å². The third kappa shape index (κ3) is 2.95. The molecule has 10 nitrogen and oxygen atoms in total. The Kier molecular flexibility index (Phi) is 4.67. The molecule has 0 spiro atoms. The number of nitro benzene ring substituents is 3. The Hall–Kier alpha value is -2.07. The van der Waals surface area contributed by atoms with Crippen LogP contribution in [0.3, 0.4) is 0 Å². The van der Waals surface area contributed by atoms with Crippen molar-refractivity contribution < 1.29 is 41.6 Å². The first-order valence-electron chi connectivity index (χ1n) is 3.64. The molecular weight excluding hydrogens is 274 g/mol. The normalized spacial score (nSPS) is 9.18. The van der Waals surface area contributed by atoms with Crippen molar-refractivity contribution in [2.24, 2.45) is 0 Å². The second-order valence-electron chi connectivity index (χ2n) is 2.60.